The van der Waals surface area contributed by atoms with E-state index in [1.165, 1.54) is 12.1 Å². The number of benzene rings is 2. The second kappa shape index (κ2) is 8.52. The van der Waals surface area contributed by atoms with Gasteiger partial charge in [-0.05, 0) is 42.5 Å². The zero-order valence-electron chi connectivity index (χ0n) is 15.6. The molecule has 0 unspecified atom stereocenters. The normalized spacial score (nSPS) is 15.4. The molecule has 0 aromatic heterocycles. The topological polar surface area (TPSA) is 46.0 Å². The monoisotopic (exact) mass is 394 g/mol. The number of nitrogens with zero attached hydrogens (tertiary/aromatic N) is 1. The quantitative estimate of drug-likeness (QED) is 0.816. The third kappa shape index (κ3) is 5.16. The van der Waals surface area contributed by atoms with Crippen LogP contribution in [0.3, 0.4) is 0 Å². The van der Waals surface area contributed by atoms with Crippen LogP contribution in [-0.2, 0) is 11.0 Å². The highest BCUT2D eigenvalue weighted by Crippen LogP contribution is 2.31. The van der Waals surface area contributed by atoms with E-state index in [1.54, 1.807) is 37.4 Å². The van der Waals surface area contributed by atoms with E-state index in [0.29, 0.717) is 49.8 Å². The third-order valence-electron chi connectivity index (χ3n) is 4.79. The third-order valence-corrected chi connectivity index (χ3v) is 4.79. The van der Waals surface area contributed by atoms with Gasteiger partial charge in [0, 0.05) is 11.4 Å². The second-order valence-electron chi connectivity index (χ2n) is 6.74. The van der Waals surface area contributed by atoms with E-state index < -0.39 is 11.7 Å². The Bertz CT molecular complexity index is 801. The Hall–Kier alpha value is -2.74. The fourth-order valence-corrected chi connectivity index (χ4v) is 3.24. The summed E-state index contributed by atoms with van der Waals surface area (Å²) in [5.41, 5.74) is 0.628. The molecule has 2 aromatic carbocycles. The van der Waals surface area contributed by atoms with Gasteiger partial charge in [0.05, 0.1) is 38.9 Å². The van der Waals surface area contributed by atoms with Crippen LogP contribution in [0.1, 0.15) is 5.56 Å². The van der Waals surface area contributed by atoms with Crippen LogP contribution in [0.25, 0.3) is 0 Å². The predicted molar refractivity (Wildman–Crippen MR) is 101 cm³/mol. The van der Waals surface area contributed by atoms with Gasteiger partial charge >= 0.3 is 6.18 Å². The number of hydrogen-bond acceptors (Lipinski definition) is 3. The molecule has 5 nitrogen and oxygen atoms in total. The van der Waals surface area contributed by atoms with E-state index >= 15 is 0 Å². The van der Waals surface area contributed by atoms with Gasteiger partial charge in [-0.2, -0.15) is 13.2 Å². The van der Waals surface area contributed by atoms with E-state index in [2.05, 4.69) is 5.32 Å². The maximum atomic E-state index is 12.9. The molecule has 0 atom stereocenters. The lowest BCUT2D eigenvalue weighted by Gasteiger charge is -2.33. The van der Waals surface area contributed by atoms with Gasteiger partial charge in [0.2, 0.25) is 0 Å². The van der Waals surface area contributed by atoms with Crippen molar-refractivity contribution < 1.29 is 27.6 Å². The van der Waals surface area contributed by atoms with Crippen LogP contribution in [0.15, 0.2) is 48.5 Å². The average molecular weight is 394 g/mol. The van der Waals surface area contributed by atoms with Crippen LogP contribution in [-0.4, -0.2) is 45.7 Å². The largest absolute Gasteiger partial charge is 0.497 e. The molecule has 1 amide bonds. The number of piperazine rings is 1. The minimum absolute atomic E-state index is 0.0901. The molecule has 0 spiro atoms. The first-order chi connectivity index (χ1) is 13.3. The number of carbonyl (C=O) groups is 1. The predicted octanol–water partition coefficient (Wildman–Crippen LogP) is 2.06. The molecule has 0 saturated carbocycles. The zero-order valence-corrected chi connectivity index (χ0v) is 15.6. The highest BCUT2D eigenvalue weighted by atomic mass is 19.4. The van der Waals surface area contributed by atoms with Crippen molar-refractivity contribution in [1.82, 2.24) is 0 Å². The lowest BCUT2D eigenvalue weighted by atomic mass is 10.1. The van der Waals surface area contributed by atoms with Crippen molar-refractivity contribution in [3.63, 3.8) is 0 Å². The first-order valence-electron chi connectivity index (χ1n) is 9.05. The van der Waals surface area contributed by atoms with Gasteiger partial charge in [-0.3, -0.25) is 4.79 Å². The number of quaternary nitrogens is 1. The molecule has 0 bridgehead atoms. The maximum Gasteiger partial charge on any atom is 0.416 e. The van der Waals surface area contributed by atoms with Crippen molar-refractivity contribution in [2.45, 2.75) is 6.18 Å². The van der Waals surface area contributed by atoms with Crippen molar-refractivity contribution in [2.75, 3.05) is 50.1 Å². The van der Waals surface area contributed by atoms with E-state index in [-0.39, 0.29) is 5.91 Å². The Morgan fingerprint density at radius 2 is 1.82 bits per heavy atom. The summed E-state index contributed by atoms with van der Waals surface area (Å²) in [5, 5.41) is 2.85. The summed E-state index contributed by atoms with van der Waals surface area (Å²) in [4.78, 5) is 15.3. The van der Waals surface area contributed by atoms with E-state index in [9.17, 15) is 18.0 Å². The van der Waals surface area contributed by atoms with Crippen molar-refractivity contribution in [3.8, 4) is 5.75 Å². The van der Waals surface area contributed by atoms with Gasteiger partial charge < -0.3 is 19.9 Å². The Kier molecular flexibility index (Phi) is 6.08. The van der Waals surface area contributed by atoms with Crippen molar-refractivity contribution in [3.05, 3.63) is 54.1 Å². The summed E-state index contributed by atoms with van der Waals surface area (Å²) in [7, 11) is 1.58. The van der Waals surface area contributed by atoms with Crippen LogP contribution in [0, 0.1) is 0 Å². The van der Waals surface area contributed by atoms with E-state index in [0.717, 1.165) is 11.0 Å². The van der Waals surface area contributed by atoms with Gasteiger partial charge in [0.15, 0.2) is 6.54 Å². The van der Waals surface area contributed by atoms with Crippen molar-refractivity contribution >= 4 is 17.3 Å². The van der Waals surface area contributed by atoms with Gasteiger partial charge in [-0.15, -0.1) is 0 Å². The van der Waals surface area contributed by atoms with Gasteiger partial charge in [0.25, 0.3) is 5.91 Å². The molecular weight excluding hydrogens is 371 g/mol. The van der Waals surface area contributed by atoms with Crippen molar-refractivity contribution in [2.24, 2.45) is 0 Å². The molecule has 3 rings (SSSR count). The number of rotatable bonds is 5. The number of nitrogens with one attached hydrogen (secondary N) is 2. The number of hydrogen-bond donors (Lipinski definition) is 2. The average Bonchev–Trinajstić information content (AvgIpc) is 2.68. The van der Waals surface area contributed by atoms with Crippen LogP contribution < -0.4 is 19.9 Å². The lowest BCUT2D eigenvalue weighted by Crippen LogP contribution is -3.15. The smallest absolute Gasteiger partial charge is 0.416 e. The number of amides is 1. The summed E-state index contributed by atoms with van der Waals surface area (Å²) in [6, 6.07) is 12.5. The zero-order chi connectivity index (χ0) is 20.1. The Labute approximate surface area is 161 Å². The van der Waals surface area contributed by atoms with Crippen LogP contribution >= 0.6 is 0 Å². The maximum absolute atomic E-state index is 12.9. The molecule has 0 radical (unpaired) electrons. The van der Waals surface area contributed by atoms with E-state index in [4.69, 9.17) is 4.74 Å². The molecule has 1 fully saturated rings. The summed E-state index contributed by atoms with van der Waals surface area (Å²) < 4.78 is 43.7. The molecule has 2 aromatic rings. The molecule has 1 aliphatic rings. The van der Waals surface area contributed by atoms with Gasteiger partial charge in [-0.1, -0.05) is 6.07 Å². The number of anilines is 2. The molecule has 1 aliphatic heterocycles. The molecule has 0 aliphatic carbocycles. The minimum Gasteiger partial charge on any atom is -0.497 e. The summed E-state index contributed by atoms with van der Waals surface area (Å²) in [5.74, 6) is 0.627. The first kappa shape index (κ1) is 20.0. The molecule has 1 saturated heterocycles. The highest BCUT2D eigenvalue weighted by Gasteiger charge is 2.31. The Balaban J connectivity index is 1.50. The standard InChI is InChI=1S/C20H22F3N3O2/c1-28-18-7-5-16(6-8-18)24-19(27)14-25-9-11-26(12-10-25)17-4-2-3-15(13-17)20(21,22)23/h2-8,13H,9-12,14H2,1H3,(H,24,27)/p+1. The van der Waals surface area contributed by atoms with Crippen LogP contribution in [0.2, 0.25) is 0 Å². The SMILES string of the molecule is COc1ccc(NC(=O)C[NH+]2CCN(c3cccc(C(F)(F)F)c3)CC2)cc1. The molecular formula is C20H23F3N3O2+. The summed E-state index contributed by atoms with van der Waals surface area (Å²) >= 11 is 0. The van der Waals surface area contributed by atoms with Gasteiger partial charge in [-0.25, -0.2) is 0 Å². The first-order valence-corrected chi connectivity index (χ1v) is 9.05. The fraction of sp³-hybridized carbons (Fsp3) is 0.350. The number of carbonyl (C=O) groups excluding carboxylic acids is 1. The second-order valence-corrected chi connectivity index (χ2v) is 6.74. The number of methoxy groups -OCH3 is 1. The molecule has 2 N–H and O–H groups in total. The number of ether oxygens (including phenoxy) is 1. The highest BCUT2D eigenvalue weighted by molar-refractivity contribution is 5.91. The van der Waals surface area contributed by atoms with Crippen molar-refractivity contribution in [1.29, 1.82) is 0 Å². The van der Waals surface area contributed by atoms with Crippen LogP contribution in [0.4, 0.5) is 24.5 Å². The lowest BCUT2D eigenvalue weighted by molar-refractivity contribution is -0.892. The molecule has 1 heterocycles. The Morgan fingerprint density at radius 1 is 1.14 bits per heavy atom. The van der Waals surface area contributed by atoms with E-state index in [1.807, 2.05) is 4.90 Å². The number of alkyl halides is 3. The molecule has 28 heavy (non-hydrogen) atoms. The molecule has 150 valence electrons. The Morgan fingerprint density at radius 3 is 2.43 bits per heavy atom. The van der Waals surface area contributed by atoms with Gasteiger partial charge in [0.1, 0.15) is 5.75 Å². The summed E-state index contributed by atoms with van der Waals surface area (Å²) in [6.07, 6.45) is -4.34. The molecule has 8 heteroatoms. The van der Waals surface area contributed by atoms with Crippen LogP contribution in [0.5, 0.6) is 5.75 Å². The number of halogens is 3. The summed E-state index contributed by atoms with van der Waals surface area (Å²) in [6.45, 7) is 2.90. The fourth-order valence-electron chi connectivity index (χ4n) is 3.24. The minimum atomic E-state index is -4.34.